The van der Waals surface area contributed by atoms with Crippen molar-refractivity contribution in [1.82, 2.24) is 0 Å². The fraction of sp³-hybridized carbons (Fsp3) is 0.542. The Morgan fingerprint density at radius 2 is 1.92 bits per heavy atom. The van der Waals surface area contributed by atoms with Crippen LogP contribution in [0.3, 0.4) is 0 Å². The van der Waals surface area contributed by atoms with Crippen LogP contribution in [0.15, 0.2) is 40.4 Å². The number of hydrogen-bond acceptors (Lipinski definition) is 2. The van der Waals surface area contributed by atoms with E-state index in [-0.39, 0.29) is 0 Å². The van der Waals surface area contributed by atoms with Crippen LogP contribution in [-0.2, 0) is 0 Å². The maximum absolute atomic E-state index is 4.84. The van der Waals surface area contributed by atoms with Gasteiger partial charge in [0.2, 0.25) is 0 Å². The Balaban J connectivity index is 2.92. The molecule has 0 saturated carbocycles. The van der Waals surface area contributed by atoms with Gasteiger partial charge in [0.15, 0.2) is 0 Å². The fourth-order valence-electron chi connectivity index (χ4n) is 2.62. The van der Waals surface area contributed by atoms with Crippen LogP contribution in [0.25, 0.3) is 11.8 Å². The molecule has 1 heterocycles. The standard InChI is InChI=1S/C24H37NS/c1-7-10-12-14-22-15-16-23(26-22)24(19(4)9-3)25-18-17-21(6)20(5)13-11-8-2/h12,14-18,20H,7-11,13H2,1-6H3/b14-12-,21-17+,24-19+,25-18+. The van der Waals surface area contributed by atoms with Crippen LogP contribution in [0.5, 0.6) is 0 Å². The minimum Gasteiger partial charge on any atom is -0.255 e. The summed E-state index contributed by atoms with van der Waals surface area (Å²) in [4.78, 5) is 7.42. The van der Waals surface area contributed by atoms with E-state index in [1.165, 1.54) is 46.6 Å². The average molecular weight is 372 g/mol. The highest BCUT2D eigenvalue weighted by Gasteiger charge is 2.07. The Labute approximate surface area is 165 Å². The summed E-state index contributed by atoms with van der Waals surface area (Å²) in [5, 5.41) is 0. The minimum atomic E-state index is 0.637. The van der Waals surface area contributed by atoms with Crippen molar-refractivity contribution in [1.29, 1.82) is 0 Å². The van der Waals surface area contributed by atoms with E-state index < -0.39 is 0 Å². The van der Waals surface area contributed by atoms with E-state index in [1.807, 2.05) is 17.6 Å². The van der Waals surface area contributed by atoms with E-state index in [0.29, 0.717) is 5.92 Å². The molecular formula is C24H37NS. The Kier molecular flexibility index (Phi) is 11.2. The van der Waals surface area contributed by atoms with Gasteiger partial charge < -0.3 is 0 Å². The molecule has 1 unspecified atom stereocenters. The first-order valence-electron chi connectivity index (χ1n) is 10.2. The van der Waals surface area contributed by atoms with Crippen LogP contribution in [0.1, 0.15) is 89.8 Å². The molecule has 0 amide bonds. The van der Waals surface area contributed by atoms with E-state index in [1.54, 1.807) is 0 Å². The summed E-state index contributed by atoms with van der Waals surface area (Å²) in [5.41, 5.74) is 3.90. The quantitative estimate of drug-likeness (QED) is 0.345. The molecule has 144 valence electrons. The molecule has 1 aromatic rings. The molecule has 0 bridgehead atoms. The summed E-state index contributed by atoms with van der Waals surface area (Å²) in [7, 11) is 0. The third kappa shape index (κ3) is 7.86. The van der Waals surface area contributed by atoms with Crippen LogP contribution in [0.4, 0.5) is 0 Å². The third-order valence-corrected chi connectivity index (χ3v) is 5.90. The van der Waals surface area contributed by atoms with Crippen molar-refractivity contribution >= 4 is 29.3 Å². The molecule has 26 heavy (non-hydrogen) atoms. The lowest BCUT2D eigenvalue weighted by molar-refractivity contribution is 0.572. The monoisotopic (exact) mass is 371 g/mol. The fourth-order valence-corrected chi connectivity index (χ4v) is 3.63. The topological polar surface area (TPSA) is 12.4 Å². The summed E-state index contributed by atoms with van der Waals surface area (Å²) in [5.74, 6) is 0.637. The zero-order valence-corrected chi connectivity index (χ0v) is 18.5. The highest BCUT2D eigenvalue weighted by Crippen LogP contribution is 2.29. The molecule has 1 aromatic heterocycles. The van der Waals surface area contributed by atoms with Gasteiger partial charge in [0.25, 0.3) is 0 Å². The number of unbranched alkanes of at least 4 members (excludes halogenated alkanes) is 2. The van der Waals surface area contributed by atoms with Crippen molar-refractivity contribution in [3.8, 4) is 0 Å². The van der Waals surface area contributed by atoms with Gasteiger partial charge in [-0.3, -0.25) is 4.99 Å². The lowest BCUT2D eigenvalue weighted by atomic mass is 9.96. The van der Waals surface area contributed by atoms with Crippen molar-refractivity contribution in [3.63, 3.8) is 0 Å². The molecule has 0 aliphatic carbocycles. The predicted molar refractivity (Wildman–Crippen MR) is 122 cm³/mol. The van der Waals surface area contributed by atoms with Crippen molar-refractivity contribution in [3.05, 3.63) is 45.2 Å². The molecule has 0 fully saturated rings. The first kappa shape index (κ1) is 22.6. The summed E-state index contributed by atoms with van der Waals surface area (Å²) in [6.07, 6.45) is 15.9. The van der Waals surface area contributed by atoms with Crippen LogP contribution in [0.2, 0.25) is 0 Å². The third-order valence-electron chi connectivity index (χ3n) is 4.84. The summed E-state index contributed by atoms with van der Waals surface area (Å²) in [6.45, 7) is 13.4. The van der Waals surface area contributed by atoms with Crippen molar-refractivity contribution in [2.75, 3.05) is 0 Å². The molecule has 0 aromatic carbocycles. The van der Waals surface area contributed by atoms with Crippen LogP contribution < -0.4 is 0 Å². The van der Waals surface area contributed by atoms with E-state index in [9.17, 15) is 0 Å². The number of hydrogen-bond donors (Lipinski definition) is 0. The number of nitrogens with zero attached hydrogens (tertiary/aromatic N) is 1. The van der Waals surface area contributed by atoms with Crippen LogP contribution >= 0.6 is 11.3 Å². The molecule has 0 N–H and O–H groups in total. The van der Waals surface area contributed by atoms with Crippen molar-refractivity contribution in [2.45, 2.75) is 80.1 Å². The number of allylic oxidation sites excluding steroid dienone is 4. The molecule has 1 atom stereocenters. The van der Waals surface area contributed by atoms with Crippen LogP contribution in [-0.4, -0.2) is 6.21 Å². The van der Waals surface area contributed by atoms with Gasteiger partial charge in [0, 0.05) is 11.1 Å². The summed E-state index contributed by atoms with van der Waals surface area (Å²) < 4.78 is 0. The highest BCUT2D eigenvalue weighted by molar-refractivity contribution is 7.14. The maximum Gasteiger partial charge on any atom is 0.0790 e. The minimum absolute atomic E-state index is 0.637. The van der Waals surface area contributed by atoms with Gasteiger partial charge in [0.1, 0.15) is 0 Å². The molecule has 0 radical (unpaired) electrons. The molecule has 0 aliphatic rings. The zero-order chi connectivity index (χ0) is 19.4. The van der Waals surface area contributed by atoms with E-state index in [2.05, 4.69) is 71.9 Å². The van der Waals surface area contributed by atoms with Crippen molar-refractivity contribution < 1.29 is 0 Å². The van der Waals surface area contributed by atoms with Gasteiger partial charge >= 0.3 is 0 Å². The summed E-state index contributed by atoms with van der Waals surface area (Å²) in [6, 6.07) is 4.42. The Hall–Kier alpha value is -1.41. The molecule has 0 aliphatic heterocycles. The van der Waals surface area contributed by atoms with Gasteiger partial charge in [-0.05, 0) is 68.9 Å². The van der Waals surface area contributed by atoms with Gasteiger partial charge in [-0.1, -0.05) is 58.6 Å². The largest absolute Gasteiger partial charge is 0.255 e. The molecule has 2 heteroatoms. The highest BCUT2D eigenvalue weighted by atomic mass is 32.1. The number of thiophene rings is 1. The van der Waals surface area contributed by atoms with Gasteiger partial charge in [-0.25, -0.2) is 0 Å². The van der Waals surface area contributed by atoms with Gasteiger partial charge in [-0.15, -0.1) is 11.3 Å². The molecule has 1 nitrogen and oxygen atoms in total. The Morgan fingerprint density at radius 1 is 1.15 bits per heavy atom. The smallest absolute Gasteiger partial charge is 0.0790 e. The molecule has 0 spiro atoms. The second-order valence-corrected chi connectivity index (χ2v) is 8.22. The molecule has 1 rings (SSSR count). The molecular weight excluding hydrogens is 334 g/mol. The summed E-state index contributed by atoms with van der Waals surface area (Å²) >= 11 is 1.83. The van der Waals surface area contributed by atoms with E-state index in [0.717, 1.165) is 18.5 Å². The number of aliphatic imine (C=N–C) groups is 1. The van der Waals surface area contributed by atoms with Gasteiger partial charge in [0.05, 0.1) is 10.6 Å². The lowest BCUT2D eigenvalue weighted by Gasteiger charge is -2.10. The lowest BCUT2D eigenvalue weighted by Crippen LogP contribution is -1.96. The first-order chi connectivity index (χ1) is 12.5. The normalized spacial score (nSPS) is 15.1. The second-order valence-electron chi connectivity index (χ2n) is 7.11. The molecule has 0 saturated heterocycles. The van der Waals surface area contributed by atoms with Crippen molar-refractivity contribution in [2.24, 2.45) is 10.9 Å². The van der Waals surface area contributed by atoms with E-state index in [4.69, 9.17) is 4.99 Å². The Bertz CT molecular complexity index is 643. The average Bonchev–Trinajstić information content (AvgIpc) is 3.11. The first-order valence-corrected chi connectivity index (χ1v) is 11.0. The Morgan fingerprint density at radius 3 is 2.58 bits per heavy atom. The number of rotatable bonds is 11. The second kappa shape index (κ2) is 12.9. The maximum atomic E-state index is 4.84. The van der Waals surface area contributed by atoms with Gasteiger partial charge in [-0.2, -0.15) is 0 Å². The predicted octanol–water partition coefficient (Wildman–Crippen LogP) is 8.55. The SMILES string of the molecule is CCC/C=C\c1ccc(C(/N=C/C=C(\C)C(C)CCCC)=C(/C)CC)s1. The van der Waals surface area contributed by atoms with Crippen LogP contribution in [0, 0.1) is 5.92 Å². The zero-order valence-electron chi connectivity index (χ0n) is 17.6. The van der Waals surface area contributed by atoms with E-state index >= 15 is 0 Å².